The predicted octanol–water partition coefficient (Wildman–Crippen LogP) is 0.323. The summed E-state index contributed by atoms with van der Waals surface area (Å²) in [4.78, 5) is 16.1. The Kier molecular flexibility index (Phi) is 5.67. The molecule has 1 aliphatic rings. The van der Waals surface area contributed by atoms with Gasteiger partial charge in [0.05, 0.1) is 12.8 Å². The maximum Gasteiger partial charge on any atom is 0.334 e. The van der Waals surface area contributed by atoms with Gasteiger partial charge in [0.1, 0.15) is 5.84 Å². The minimum Gasteiger partial charge on any atom is -0.477 e. The summed E-state index contributed by atoms with van der Waals surface area (Å²) in [6.07, 6.45) is 3.34. The number of aliphatic imine (C=N–C) groups is 1. The van der Waals surface area contributed by atoms with Crippen LogP contribution in [0.2, 0.25) is 0 Å². The van der Waals surface area contributed by atoms with Crippen LogP contribution in [0.15, 0.2) is 27.9 Å². The number of carbonyl (C=O) groups is 1. The maximum atomic E-state index is 12.4. The van der Waals surface area contributed by atoms with Crippen LogP contribution in [0, 0.1) is 0 Å². The van der Waals surface area contributed by atoms with Crippen molar-refractivity contribution in [2.45, 2.75) is 44.7 Å². The largest absolute Gasteiger partial charge is 0.477 e. The summed E-state index contributed by atoms with van der Waals surface area (Å²) in [5, 5.41) is 6.34. The Hall–Kier alpha value is -2.56. The van der Waals surface area contributed by atoms with Gasteiger partial charge in [-0.15, -0.1) is 0 Å². The number of carbonyl (C=O) groups excluding carboxylic acids is 1. The third-order valence-electron chi connectivity index (χ3n) is 3.03. The topological polar surface area (TPSA) is 141 Å². The Morgan fingerprint density at radius 3 is 2.88 bits per heavy atom. The molecular weight excluding hydrogens is 348 g/mol. The van der Waals surface area contributed by atoms with Crippen LogP contribution in [-0.2, 0) is 16.6 Å². The summed E-state index contributed by atoms with van der Waals surface area (Å²) in [5.41, 5.74) is 6.01. The number of rotatable bonds is 4. The fourth-order valence-electron chi connectivity index (χ4n) is 2.15. The standard InChI is InChI=1S/C14H22N6O4S/c1-9(2)17-12(7-10(3)15)18-14(21)19-25(22,23)11-8-16-20-5-4-6-24-13(11)20/h7-9H,4-6,15H2,1-3H3,(H2,17,18,19,21). The third-order valence-corrected chi connectivity index (χ3v) is 4.35. The SMILES string of the molecule is CC(N)=CC(=NC(C)C)NC(=O)NS(=O)(=O)c1cnn2c1OCCC2. The first kappa shape index (κ1) is 18.8. The van der Waals surface area contributed by atoms with Gasteiger partial charge in [-0.1, -0.05) is 0 Å². The van der Waals surface area contributed by atoms with Crippen molar-refractivity contribution in [3.8, 4) is 5.88 Å². The van der Waals surface area contributed by atoms with Crippen LogP contribution in [-0.4, -0.2) is 42.7 Å². The van der Waals surface area contributed by atoms with Gasteiger partial charge in [0.2, 0.25) is 5.88 Å². The minimum atomic E-state index is -4.14. The summed E-state index contributed by atoms with van der Waals surface area (Å²) in [6.45, 7) is 6.21. The van der Waals surface area contributed by atoms with Crippen molar-refractivity contribution in [3.63, 3.8) is 0 Å². The Morgan fingerprint density at radius 1 is 1.52 bits per heavy atom. The first-order valence-corrected chi connectivity index (χ1v) is 9.21. The Balaban J connectivity index is 2.16. The van der Waals surface area contributed by atoms with E-state index in [0.717, 1.165) is 12.6 Å². The molecule has 1 aromatic rings. The fraction of sp³-hybridized carbons (Fsp3) is 0.500. The molecule has 2 heterocycles. The number of amidine groups is 1. The minimum absolute atomic E-state index is 0.112. The van der Waals surface area contributed by atoms with Crippen molar-refractivity contribution in [2.75, 3.05) is 6.61 Å². The highest BCUT2D eigenvalue weighted by Gasteiger charge is 2.28. The molecular formula is C14H22N6O4S. The lowest BCUT2D eigenvalue weighted by Crippen LogP contribution is -2.42. The molecule has 0 saturated carbocycles. The van der Waals surface area contributed by atoms with E-state index in [9.17, 15) is 13.2 Å². The van der Waals surface area contributed by atoms with Gasteiger partial charge >= 0.3 is 6.03 Å². The van der Waals surface area contributed by atoms with Crippen LogP contribution in [0.5, 0.6) is 5.88 Å². The van der Waals surface area contributed by atoms with E-state index in [0.29, 0.717) is 18.8 Å². The highest BCUT2D eigenvalue weighted by Crippen LogP contribution is 2.26. The van der Waals surface area contributed by atoms with Crippen molar-refractivity contribution in [2.24, 2.45) is 10.7 Å². The zero-order valence-electron chi connectivity index (χ0n) is 14.3. The number of nitrogens with one attached hydrogen (secondary N) is 2. The zero-order valence-corrected chi connectivity index (χ0v) is 15.1. The molecule has 0 fully saturated rings. The van der Waals surface area contributed by atoms with Gasteiger partial charge in [0.25, 0.3) is 10.0 Å². The van der Waals surface area contributed by atoms with Gasteiger partial charge in [0, 0.05) is 24.7 Å². The number of fused-ring (bicyclic) bond motifs is 1. The number of urea groups is 1. The van der Waals surface area contributed by atoms with E-state index in [1.807, 2.05) is 18.6 Å². The molecule has 25 heavy (non-hydrogen) atoms. The predicted molar refractivity (Wildman–Crippen MR) is 91.7 cm³/mol. The molecule has 2 rings (SSSR count). The van der Waals surface area contributed by atoms with E-state index in [1.165, 1.54) is 10.8 Å². The van der Waals surface area contributed by atoms with Crippen molar-refractivity contribution >= 4 is 21.9 Å². The Labute approximate surface area is 146 Å². The van der Waals surface area contributed by atoms with Crippen LogP contribution in [0.4, 0.5) is 4.79 Å². The van der Waals surface area contributed by atoms with Gasteiger partial charge in [-0.2, -0.15) is 5.10 Å². The molecule has 0 atom stereocenters. The Morgan fingerprint density at radius 2 is 2.24 bits per heavy atom. The van der Waals surface area contributed by atoms with E-state index < -0.39 is 16.1 Å². The number of ether oxygens (including phenoxy) is 1. The van der Waals surface area contributed by atoms with Crippen molar-refractivity contribution in [1.82, 2.24) is 19.8 Å². The number of aromatic nitrogens is 2. The van der Waals surface area contributed by atoms with E-state index >= 15 is 0 Å². The monoisotopic (exact) mass is 370 g/mol. The normalized spacial score (nSPS) is 15.5. The third kappa shape index (κ3) is 4.95. The van der Waals surface area contributed by atoms with Gasteiger partial charge in [-0.3, -0.25) is 10.3 Å². The summed E-state index contributed by atoms with van der Waals surface area (Å²) < 4.78 is 33.6. The van der Waals surface area contributed by atoms with Gasteiger partial charge in [-0.05, 0) is 26.8 Å². The molecule has 0 bridgehead atoms. The highest BCUT2D eigenvalue weighted by atomic mass is 32.2. The van der Waals surface area contributed by atoms with E-state index in [1.54, 1.807) is 6.92 Å². The average Bonchev–Trinajstić information content (AvgIpc) is 2.89. The molecule has 10 nitrogen and oxygen atoms in total. The Bertz CT molecular complexity index is 805. The van der Waals surface area contributed by atoms with Crippen molar-refractivity contribution in [1.29, 1.82) is 0 Å². The quantitative estimate of drug-likeness (QED) is 0.515. The summed E-state index contributed by atoms with van der Waals surface area (Å²) in [7, 11) is -4.14. The number of nitrogens with zero attached hydrogens (tertiary/aromatic N) is 3. The molecule has 0 aliphatic carbocycles. The summed E-state index contributed by atoms with van der Waals surface area (Å²) in [6, 6.07) is -1.06. The lowest BCUT2D eigenvalue weighted by Gasteiger charge is -2.16. The van der Waals surface area contributed by atoms with Crippen LogP contribution >= 0.6 is 0 Å². The number of hydrogen-bond acceptors (Lipinski definition) is 7. The number of hydrogen-bond donors (Lipinski definition) is 3. The van der Waals surface area contributed by atoms with Crippen LogP contribution in [0.25, 0.3) is 0 Å². The number of sulfonamides is 1. The fourth-order valence-corrected chi connectivity index (χ4v) is 3.13. The van der Waals surface area contributed by atoms with Gasteiger partial charge in [-0.25, -0.2) is 22.6 Å². The van der Waals surface area contributed by atoms with Crippen LogP contribution in [0.1, 0.15) is 27.2 Å². The second kappa shape index (κ2) is 7.55. The van der Waals surface area contributed by atoms with Gasteiger partial charge < -0.3 is 10.5 Å². The van der Waals surface area contributed by atoms with Crippen molar-refractivity contribution in [3.05, 3.63) is 18.0 Å². The van der Waals surface area contributed by atoms with E-state index in [2.05, 4.69) is 15.4 Å². The second-order valence-electron chi connectivity index (χ2n) is 5.80. The first-order chi connectivity index (χ1) is 11.7. The summed E-state index contributed by atoms with van der Waals surface area (Å²) >= 11 is 0. The molecule has 138 valence electrons. The number of allylic oxidation sites excluding steroid dienone is 1. The maximum absolute atomic E-state index is 12.4. The zero-order chi connectivity index (χ0) is 18.6. The molecule has 4 N–H and O–H groups in total. The number of amides is 2. The van der Waals surface area contributed by atoms with E-state index in [4.69, 9.17) is 10.5 Å². The molecule has 0 radical (unpaired) electrons. The number of nitrogens with two attached hydrogens (primary N) is 1. The highest BCUT2D eigenvalue weighted by molar-refractivity contribution is 7.90. The molecule has 0 unspecified atom stereocenters. The smallest absolute Gasteiger partial charge is 0.334 e. The first-order valence-electron chi connectivity index (χ1n) is 7.73. The lowest BCUT2D eigenvalue weighted by atomic mass is 10.4. The van der Waals surface area contributed by atoms with E-state index in [-0.39, 0.29) is 22.7 Å². The van der Waals surface area contributed by atoms with Crippen LogP contribution in [0.3, 0.4) is 0 Å². The molecule has 1 aromatic heterocycles. The summed E-state index contributed by atoms with van der Waals surface area (Å²) in [5.74, 6) is 0.288. The van der Waals surface area contributed by atoms with Gasteiger partial charge in [0.15, 0.2) is 4.90 Å². The molecule has 2 amide bonds. The molecule has 11 heteroatoms. The van der Waals surface area contributed by atoms with Crippen LogP contribution < -0.4 is 20.5 Å². The molecule has 0 spiro atoms. The number of aryl methyl sites for hydroxylation is 1. The lowest BCUT2D eigenvalue weighted by molar-refractivity contribution is 0.224. The molecule has 1 aliphatic heterocycles. The average molecular weight is 370 g/mol. The van der Waals surface area contributed by atoms with Crippen molar-refractivity contribution < 1.29 is 17.9 Å². The molecule has 0 saturated heterocycles. The second-order valence-corrected chi connectivity index (χ2v) is 7.45. The molecule has 0 aromatic carbocycles.